The Morgan fingerprint density at radius 1 is 1.60 bits per heavy atom. The van der Waals surface area contributed by atoms with E-state index in [2.05, 4.69) is 10.3 Å². The van der Waals surface area contributed by atoms with E-state index < -0.39 is 12.0 Å². The summed E-state index contributed by atoms with van der Waals surface area (Å²) < 4.78 is 0. The Morgan fingerprint density at radius 3 is 2.80 bits per heavy atom. The quantitative estimate of drug-likeness (QED) is 0.586. The van der Waals surface area contributed by atoms with E-state index in [0.717, 1.165) is 4.90 Å². The van der Waals surface area contributed by atoms with Gasteiger partial charge in [-0.3, -0.25) is 4.79 Å². The number of alkyl halides is 1. The lowest BCUT2D eigenvalue weighted by Crippen LogP contribution is -2.36. The second kappa shape index (κ2) is 5.60. The van der Waals surface area contributed by atoms with Gasteiger partial charge in [-0.15, -0.1) is 11.6 Å². The second-order valence-corrected chi connectivity index (χ2v) is 3.54. The molecule has 15 heavy (non-hydrogen) atoms. The number of amides is 2. The third-order valence-electron chi connectivity index (χ3n) is 1.97. The van der Waals surface area contributed by atoms with Crippen LogP contribution in [0.2, 0.25) is 0 Å². The van der Waals surface area contributed by atoms with E-state index in [4.69, 9.17) is 11.6 Å². The number of nitrogens with one attached hydrogen (secondary N) is 1. The molecule has 1 saturated carbocycles. The number of allylic oxidation sites excluding steroid dienone is 1. The van der Waals surface area contributed by atoms with Gasteiger partial charge in [0.05, 0.1) is 0 Å². The molecule has 1 rings (SSSR count). The normalized spacial score (nSPS) is 15.1. The molecule has 84 valence electrons. The fraction of sp³-hybridized carbons (Fsp3) is 0.556. The van der Waals surface area contributed by atoms with Crippen LogP contribution in [-0.4, -0.2) is 29.8 Å². The van der Waals surface area contributed by atoms with Crippen LogP contribution >= 0.6 is 11.6 Å². The molecule has 0 atom stereocenters. The lowest BCUT2D eigenvalue weighted by Gasteiger charge is -2.12. The number of hydrogen-bond donors (Lipinski definition) is 1. The first-order valence-corrected chi connectivity index (χ1v) is 5.14. The molecule has 1 fully saturated rings. The molecule has 0 aromatic heterocycles. The van der Waals surface area contributed by atoms with E-state index in [9.17, 15) is 9.59 Å². The average Bonchev–Trinajstić information content (AvgIpc) is 3.05. The topological polar surface area (TPSA) is 58.6 Å². The number of carbonyl (C=O) groups excluding carboxylic acids is 2. The van der Waals surface area contributed by atoms with Gasteiger partial charge in [0.25, 0.3) is 0 Å². The third kappa shape index (κ3) is 4.20. The highest BCUT2D eigenvalue weighted by molar-refractivity contribution is 6.28. The van der Waals surface area contributed by atoms with Gasteiger partial charge in [-0.2, -0.15) is 0 Å². The second-order valence-electron chi connectivity index (χ2n) is 3.27. The zero-order valence-electron chi connectivity index (χ0n) is 8.40. The van der Waals surface area contributed by atoms with Crippen molar-refractivity contribution in [1.29, 1.82) is 0 Å². The van der Waals surface area contributed by atoms with Crippen molar-refractivity contribution in [2.45, 2.75) is 12.8 Å². The highest BCUT2D eigenvalue weighted by atomic mass is 35.5. The van der Waals surface area contributed by atoms with E-state index in [-0.39, 0.29) is 5.88 Å². The maximum Gasteiger partial charge on any atom is 0.440 e. The molecule has 1 aliphatic carbocycles. The van der Waals surface area contributed by atoms with Crippen molar-refractivity contribution < 1.29 is 14.4 Å². The molecule has 0 bridgehead atoms. The average molecular weight is 233 g/mol. The van der Waals surface area contributed by atoms with Crippen molar-refractivity contribution in [2.24, 2.45) is 5.92 Å². The number of hydroxylamine groups is 1. The Morgan fingerprint density at radius 2 is 2.27 bits per heavy atom. The number of halogens is 1. The van der Waals surface area contributed by atoms with Crippen LogP contribution in [0.4, 0.5) is 4.79 Å². The number of carbonyl (C=O) groups is 2. The van der Waals surface area contributed by atoms with Gasteiger partial charge in [0.15, 0.2) is 0 Å². The standard InChI is InChI=1S/C9H13ClN2O3/c1-12(8(13)6-10)9(14)15-11-5-4-7-2-3-7/h4-5,7,11H,2-3,6H2,1H3. The number of nitrogens with zero attached hydrogens (tertiary/aromatic N) is 1. The van der Waals surface area contributed by atoms with E-state index in [1.54, 1.807) is 6.20 Å². The Hall–Kier alpha value is -1.23. The maximum absolute atomic E-state index is 11.1. The van der Waals surface area contributed by atoms with E-state index in [1.807, 2.05) is 6.08 Å². The van der Waals surface area contributed by atoms with Crippen LogP contribution in [0, 0.1) is 5.92 Å². The number of hydrogen-bond acceptors (Lipinski definition) is 4. The van der Waals surface area contributed by atoms with Gasteiger partial charge in [0.1, 0.15) is 5.88 Å². The molecule has 1 aliphatic rings. The maximum atomic E-state index is 11.1. The molecule has 6 heteroatoms. The van der Waals surface area contributed by atoms with E-state index in [1.165, 1.54) is 19.9 Å². The molecular weight excluding hydrogens is 220 g/mol. The lowest BCUT2D eigenvalue weighted by molar-refractivity contribution is -0.126. The van der Waals surface area contributed by atoms with Gasteiger partial charge in [0, 0.05) is 13.2 Å². The van der Waals surface area contributed by atoms with Crippen molar-refractivity contribution in [3.63, 3.8) is 0 Å². The fourth-order valence-corrected chi connectivity index (χ4v) is 0.988. The first-order chi connectivity index (χ1) is 7.15. The molecule has 0 saturated heterocycles. The van der Waals surface area contributed by atoms with Crippen molar-refractivity contribution in [3.8, 4) is 0 Å². The van der Waals surface area contributed by atoms with Crippen molar-refractivity contribution in [3.05, 3.63) is 12.3 Å². The van der Waals surface area contributed by atoms with Gasteiger partial charge in [-0.1, -0.05) is 6.08 Å². The van der Waals surface area contributed by atoms with Crippen molar-refractivity contribution >= 4 is 23.6 Å². The monoisotopic (exact) mass is 232 g/mol. The predicted octanol–water partition coefficient (Wildman–Crippen LogP) is 1.25. The summed E-state index contributed by atoms with van der Waals surface area (Å²) in [6, 6.07) is 0. The van der Waals surface area contributed by atoms with Crippen LogP contribution in [0.3, 0.4) is 0 Å². The Bertz CT molecular complexity index is 277. The van der Waals surface area contributed by atoms with Crippen LogP contribution in [0.25, 0.3) is 0 Å². The highest BCUT2D eigenvalue weighted by Crippen LogP contribution is 2.29. The summed E-state index contributed by atoms with van der Waals surface area (Å²) in [5.74, 6) is -0.156. The van der Waals surface area contributed by atoms with E-state index >= 15 is 0 Å². The molecule has 1 N–H and O–H groups in total. The van der Waals surface area contributed by atoms with Crippen molar-refractivity contribution in [1.82, 2.24) is 10.4 Å². The van der Waals surface area contributed by atoms with Gasteiger partial charge in [-0.25, -0.2) is 15.2 Å². The molecular formula is C9H13ClN2O3. The molecule has 0 aliphatic heterocycles. The number of imide groups is 1. The number of rotatable bonds is 4. The smallest absolute Gasteiger partial charge is 0.324 e. The van der Waals surface area contributed by atoms with Crippen molar-refractivity contribution in [2.75, 3.05) is 12.9 Å². The molecule has 0 aromatic rings. The Kier molecular flexibility index (Phi) is 4.42. The van der Waals surface area contributed by atoms with Crippen LogP contribution in [0.1, 0.15) is 12.8 Å². The summed E-state index contributed by atoms with van der Waals surface area (Å²) in [6.07, 6.45) is 5.04. The zero-order chi connectivity index (χ0) is 11.3. The first kappa shape index (κ1) is 11.8. The summed E-state index contributed by atoms with van der Waals surface area (Å²) in [7, 11) is 1.30. The molecule has 0 radical (unpaired) electrons. The molecule has 0 spiro atoms. The minimum atomic E-state index is -0.777. The highest BCUT2D eigenvalue weighted by Gasteiger charge is 2.18. The summed E-state index contributed by atoms with van der Waals surface area (Å²) in [5.41, 5.74) is 2.35. The van der Waals surface area contributed by atoms with Gasteiger partial charge < -0.3 is 4.84 Å². The first-order valence-electron chi connectivity index (χ1n) is 4.60. The predicted molar refractivity (Wildman–Crippen MR) is 55.0 cm³/mol. The Labute approximate surface area is 93.0 Å². The summed E-state index contributed by atoms with van der Waals surface area (Å²) in [4.78, 5) is 27.5. The van der Waals surface area contributed by atoms with Crippen LogP contribution in [0.5, 0.6) is 0 Å². The van der Waals surface area contributed by atoms with Gasteiger partial charge in [0.2, 0.25) is 5.91 Å². The van der Waals surface area contributed by atoms with Crippen LogP contribution in [-0.2, 0) is 9.63 Å². The zero-order valence-corrected chi connectivity index (χ0v) is 9.16. The third-order valence-corrected chi connectivity index (χ3v) is 2.20. The fourth-order valence-electron chi connectivity index (χ4n) is 0.808. The molecule has 5 nitrogen and oxygen atoms in total. The van der Waals surface area contributed by atoms with Crippen LogP contribution in [0.15, 0.2) is 12.3 Å². The minimum absolute atomic E-state index is 0.247. The molecule has 2 amide bonds. The lowest BCUT2D eigenvalue weighted by atomic mass is 10.4. The SMILES string of the molecule is CN(C(=O)CCl)C(=O)ONC=CC1CC1. The van der Waals surface area contributed by atoms with Gasteiger partial charge in [-0.05, 0) is 18.8 Å². The Balaban J connectivity index is 2.19. The summed E-state index contributed by atoms with van der Waals surface area (Å²) in [5, 5.41) is 0. The summed E-state index contributed by atoms with van der Waals surface area (Å²) in [6.45, 7) is 0. The van der Waals surface area contributed by atoms with Gasteiger partial charge >= 0.3 is 6.09 Å². The molecule has 0 unspecified atom stereocenters. The summed E-state index contributed by atoms with van der Waals surface area (Å²) >= 11 is 5.27. The van der Waals surface area contributed by atoms with E-state index in [0.29, 0.717) is 5.92 Å². The van der Waals surface area contributed by atoms with Crippen LogP contribution < -0.4 is 5.48 Å². The largest absolute Gasteiger partial charge is 0.440 e. The minimum Gasteiger partial charge on any atom is -0.324 e. The molecule has 0 aromatic carbocycles. The molecule has 0 heterocycles.